The van der Waals surface area contributed by atoms with E-state index in [2.05, 4.69) is 10.5 Å². The summed E-state index contributed by atoms with van der Waals surface area (Å²) < 4.78 is 5.23. The number of aromatic nitrogens is 1. The maximum atomic E-state index is 12.3. The van der Waals surface area contributed by atoms with Crippen LogP contribution >= 0.6 is 0 Å². The molecule has 3 rings (SSSR count). The predicted octanol–water partition coefficient (Wildman–Crippen LogP) is 3.56. The van der Waals surface area contributed by atoms with Gasteiger partial charge in [0.25, 0.3) is 0 Å². The number of hydrogen-bond donors (Lipinski definition) is 1. The van der Waals surface area contributed by atoms with Crippen molar-refractivity contribution in [1.82, 2.24) is 10.5 Å². The lowest BCUT2D eigenvalue weighted by Crippen LogP contribution is -2.28. The highest BCUT2D eigenvalue weighted by Crippen LogP contribution is 2.19. The van der Waals surface area contributed by atoms with E-state index in [9.17, 15) is 4.79 Å². The average molecular weight is 294 g/mol. The van der Waals surface area contributed by atoms with Crippen molar-refractivity contribution < 1.29 is 9.32 Å². The Kier molecular flexibility index (Phi) is 3.92. The van der Waals surface area contributed by atoms with Crippen LogP contribution in [0.25, 0.3) is 11.0 Å². The number of fused-ring (bicyclic) bond motifs is 1. The number of rotatable bonds is 4. The zero-order chi connectivity index (χ0) is 15.5. The van der Waals surface area contributed by atoms with Crippen LogP contribution in [-0.2, 0) is 11.2 Å². The minimum Gasteiger partial charge on any atom is -0.356 e. The molecule has 4 nitrogen and oxygen atoms in total. The summed E-state index contributed by atoms with van der Waals surface area (Å²) in [5.41, 5.74) is 3.67. The average Bonchev–Trinajstić information content (AvgIpc) is 2.91. The first-order valence-corrected chi connectivity index (χ1v) is 7.33. The number of aryl methyl sites for hydroxylation is 1. The van der Waals surface area contributed by atoms with E-state index in [4.69, 9.17) is 4.52 Å². The summed E-state index contributed by atoms with van der Waals surface area (Å²) >= 11 is 0. The molecule has 0 bridgehead atoms. The molecule has 1 aromatic heterocycles. The standard InChI is InChI=1S/C18H18N2O2/c1-12-7-3-4-8-14(12)13(2)19-18(21)11-16-15-9-5-6-10-17(15)22-20-16/h3-10,13H,11H2,1-2H3,(H,19,21). The van der Waals surface area contributed by atoms with Gasteiger partial charge in [-0.15, -0.1) is 0 Å². The van der Waals surface area contributed by atoms with Crippen LogP contribution in [0.15, 0.2) is 53.1 Å². The van der Waals surface area contributed by atoms with E-state index in [1.54, 1.807) is 0 Å². The molecule has 0 spiro atoms. The second-order valence-electron chi connectivity index (χ2n) is 5.45. The van der Waals surface area contributed by atoms with Gasteiger partial charge in [0.2, 0.25) is 5.91 Å². The van der Waals surface area contributed by atoms with E-state index in [1.165, 1.54) is 5.56 Å². The Morgan fingerprint density at radius 1 is 1.18 bits per heavy atom. The molecule has 1 heterocycles. The monoisotopic (exact) mass is 294 g/mol. The zero-order valence-corrected chi connectivity index (χ0v) is 12.7. The second-order valence-corrected chi connectivity index (χ2v) is 5.45. The van der Waals surface area contributed by atoms with Gasteiger partial charge in [-0.05, 0) is 37.1 Å². The van der Waals surface area contributed by atoms with Crippen LogP contribution in [0, 0.1) is 6.92 Å². The summed E-state index contributed by atoms with van der Waals surface area (Å²) in [4.78, 5) is 12.3. The van der Waals surface area contributed by atoms with Crippen molar-refractivity contribution in [1.29, 1.82) is 0 Å². The molecule has 0 aliphatic carbocycles. The van der Waals surface area contributed by atoms with Gasteiger partial charge in [0.1, 0.15) is 5.69 Å². The first-order valence-electron chi connectivity index (χ1n) is 7.33. The van der Waals surface area contributed by atoms with Crippen LogP contribution in [0.2, 0.25) is 0 Å². The van der Waals surface area contributed by atoms with E-state index < -0.39 is 0 Å². The van der Waals surface area contributed by atoms with Gasteiger partial charge in [0, 0.05) is 5.39 Å². The number of nitrogens with one attached hydrogen (secondary N) is 1. The normalized spacial score (nSPS) is 12.3. The molecule has 4 heteroatoms. The number of hydrogen-bond acceptors (Lipinski definition) is 3. The Morgan fingerprint density at radius 2 is 1.91 bits per heavy atom. The van der Waals surface area contributed by atoms with Gasteiger partial charge in [0.05, 0.1) is 12.5 Å². The molecule has 1 N–H and O–H groups in total. The van der Waals surface area contributed by atoms with E-state index in [0.29, 0.717) is 11.3 Å². The summed E-state index contributed by atoms with van der Waals surface area (Å²) in [5.74, 6) is -0.0604. The lowest BCUT2D eigenvalue weighted by molar-refractivity contribution is -0.121. The van der Waals surface area contributed by atoms with Gasteiger partial charge >= 0.3 is 0 Å². The number of amides is 1. The summed E-state index contributed by atoms with van der Waals surface area (Å²) in [6, 6.07) is 15.6. The molecular formula is C18H18N2O2. The fraction of sp³-hybridized carbons (Fsp3) is 0.222. The maximum Gasteiger partial charge on any atom is 0.226 e. The topological polar surface area (TPSA) is 55.1 Å². The number of nitrogens with zero attached hydrogens (tertiary/aromatic N) is 1. The van der Waals surface area contributed by atoms with Crippen molar-refractivity contribution in [3.63, 3.8) is 0 Å². The Labute approximate surface area is 129 Å². The predicted molar refractivity (Wildman–Crippen MR) is 85.4 cm³/mol. The van der Waals surface area contributed by atoms with Crippen LogP contribution in [0.1, 0.15) is 29.8 Å². The minimum absolute atomic E-state index is 0.0353. The fourth-order valence-corrected chi connectivity index (χ4v) is 2.66. The van der Waals surface area contributed by atoms with E-state index in [1.807, 2.05) is 62.4 Å². The smallest absolute Gasteiger partial charge is 0.226 e. The van der Waals surface area contributed by atoms with Crippen molar-refractivity contribution in [2.45, 2.75) is 26.3 Å². The highest BCUT2D eigenvalue weighted by Gasteiger charge is 2.15. The van der Waals surface area contributed by atoms with Gasteiger partial charge < -0.3 is 9.84 Å². The van der Waals surface area contributed by atoms with Gasteiger partial charge in [-0.1, -0.05) is 41.6 Å². The molecule has 1 amide bonds. The first-order chi connectivity index (χ1) is 10.6. The van der Waals surface area contributed by atoms with Gasteiger partial charge in [-0.2, -0.15) is 0 Å². The largest absolute Gasteiger partial charge is 0.356 e. The molecule has 1 unspecified atom stereocenters. The van der Waals surface area contributed by atoms with Crippen molar-refractivity contribution in [2.75, 3.05) is 0 Å². The quantitative estimate of drug-likeness (QED) is 0.800. The van der Waals surface area contributed by atoms with Crippen LogP contribution < -0.4 is 5.32 Å². The molecule has 112 valence electrons. The molecule has 1 atom stereocenters. The van der Waals surface area contributed by atoms with Crippen molar-refractivity contribution in [3.05, 3.63) is 65.4 Å². The highest BCUT2D eigenvalue weighted by atomic mass is 16.5. The zero-order valence-electron chi connectivity index (χ0n) is 12.7. The van der Waals surface area contributed by atoms with E-state index in [-0.39, 0.29) is 18.4 Å². The summed E-state index contributed by atoms with van der Waals surface area (Å²) in [6.07, 6.45) is 0.216. The molecule has 2 aromatic carbocycles. The van der Waals surface area contributed by atoms with Crippen LogP contribution in [0.5, 0.6) is 0 Å². The van der Waals surface area contributed by atoms with E-state index in [0.717, 1.165) is 10.9 Å². The molecular weight excluding hydrogens is 276 g/mol. The highest BCUT2D eigenvalue weighted by molar-refractivity contribution is 5.86. The molecule has 0 aliphatic heterocycles. The van der Waals surface area contributed by atoms with Gasteiger partial charge in [-0.3, -0.25) is 4.79 Å². The molecule has 0 fully saturated rings. The molecule has 0 saturated carbocycles. The minimum atomic E-state index is -0.0604. The van der Waals surface area contributed by atoms with Crippen LogP contribution in [0.4, 0.5) is 0 Å². The number of para-hydroxylation sites is 1. The molecule has 0 saturated heterocycles. The third-order valence-electron chi connectivity index (χ3n) is 3.81. The third kappa shape index (κ3) is 2.86. The first kappa shape index (κ1) is 14.3. The van der Waals surface area contributed by atoms with Crippen LogP contribution in [-0.4, -0.2) is 11.1 Å². The van der Waals surface area contributed by atoms with Crippen molar-refractivity contribution in [2.24, 2.45) is 0 Å². The molecule has 3 aromatic rings. The Hall–Kier alpha value is -2.62. The SMILES string of the molecule is Cc1ccccc1C(C)NC(=O)Cc1noc2ccccc12. The van der Waals surface area contributed by atoms with Crippen LogP contribution in [0.3, 0.4) is 0 Å². The Balaban J connectivity index is 1.71. The summed E-state index contributed by atoms with van der Waals surface area (Å²) in [6.45, 7) is 4.03. The lowest BCUT2D eigenvalue weighted by atomic mass is 10.0. The fourth-order valence-electron chi connectivity index (χ4n) is 2.66. The van der Waals surface area contributed by atoms with E-state index >= 15 is 0 Å². The third-order valence-corrected chi connectivity index (χ3v) is 3.81. The number of carbonyl (C=O) groups is 1. The number of carbonyl (C=O) groups excluding carboxylic acids is 1. The van der Waals surface area contributed by atoms with Gasteiger partial charge in [0.15, 0.2) is 5.58 Å². The van der Waals surface area contributed by atoms with Crippen molar-refractivity contribution >= 4 is 16.9 Å². The molecule has 0 aliphatic rings. The Morgan fingerprint density at radius 3 is 2.73 bits per heavy atom. The summed E-state index contributed by atoms with van der Waals surface area (Å²) in [5, 5.41) is 7.91. The second kappa shape index (κ2) is 6.02. The summed E-state index contributed by atoms with van der Waals surface area (Å²) in [7, 11) is 0. The van der Waals surface area contributed by atoms with Gasteiger partial charge in [-0.25, -0.2) is 0 Å². The molecule has 0 radical (unpaired) electrons. The Bertz CT molecular complexity index is 807. The lowest BCUT2D eigenvalue weighted by Gasteiger charge is -2.16. The number of benzene rings is 2. The van der Waals surface area contributed by atoms with Crippen molar-refractivity contribution in [3.8, 4) is 0 Å². The molecule has 22 heavy (non-hydrogen) atoms. The maximum absolute atomic E-state index is 12.3.